The molecule has 30 heavy (non-hydrogen) atoms. The molecule has 6 nitrogen and oxygen atoms in total. The Balaban J connectivity index is 1.35. The van der Waals surface area contributed by atoms with Crippen LogP contribution in [0.25, 0.3) is 0 Å². The van der Waals surface area contributed by atoms with Gasteiger partial charge in [-0.2, -0.15) is 9.57 Å². The van der Waals surface area contributed by atoms with Gasteiger partial charge < -0.3 is 5.32 Å². The number of amides is 1. The van der Waals surface area contributed by atoms with Gasteiger partial charge in [-0.15, -0.1) is 11.3 Å². The van der Waals surface area contributed by atoms with E-state index in [1.165, 1.54) is 16.2 Å². The number of benzene rings is 1. The fourth-order valence-corrected chi connectivity index (χ4v) is 6.91. The lowest BCUT2D eigenvalue weighted by Crippen LogP contribution is -2.35. The number of aryl methyl sites for hydroxylation is 2. The first-order valence-corrected chi connectivity index (χ1v) is 12.7. The van der Waals surface area contributed by atoms with Crippen molar-refractivity contribution in [3.63, 3.8) is 0 Å². The number of hydrogen-bond donors (Lipinski definition) is 1. The highest BCUT2D eigenvalue weighted by molar-refractivity contribution is 7.89. The van der Waals surface area contributed by atoms with Crippen LogP contribution in [0.15, 0.2) is 29.2 Å². The molecule has 0 spiro atoms. The molecule has 2 heterocycles. The van der Waals surface area contributed by atoms with Crippen molar-refractivity contribution >= 4 is 32.3 Å². The third-order valence-corrected chi connectivity index (χ3v) is 8.92. The number of nitrogens with zero attached hydrogens (tertiary/aromatic N) is 2. The standard InChI is InChI=1S/C22H25N3O3S2/c23-15-19-18-5-4-6-20(18)29-22(19)24-21(26)12-9-16-7-10-17(11-8-16)30(27,28)25-13-2-1-3-14-25/h7-8,10-11H,1-6,9,12-14H2,(H,24,26). The molecule has 1 aromatic heterocycles. The van der Waals surface area contributed by atoms with Crippen LogP contribution in [0.3, 0.4) is 0 Å². The van der Waals surface area contributed by atoms with Gasteiger partial charge in [0.05, 0.1) is 10.5 Å². The van der Waals surface area contributed by atoms with Gasteiger partial charge in [0.2, 0.25) is 15.9 Å². The zero-order valence-electron chi connectivity index (χ0n) is 16.8. The van der Waals surface area contributed by atoms with E-state index in [-0.39, 0.29) is 12.3 Å². The van der Waals surface area contributed by atoms with Crippen LogP contribution in [0.5, 0.6) is 0 Å². The number of fused-ring (bicyclic) bond motifs is 1. The fraction of sp³-hybridized carbons (Fsp3) is 0.455. The second-order valence-electron chi connectivity index (χ2n) is 7.83. The summed E-state index contributed by atoms with van der Waals surface area (Å²) in [4.78, 5) is 13.9. The Labute approximate surface area is 181 Å². The third-order valence-electron chi connectivity index (χ3n) is 5.80. The maximum absolute atomic E-state index is 12.7. The lowest BCUT2D eigenvalue weighted by molar-refractivity contribution is -0.116. The highest BCUT2D eigenvalue weighted by atomic mass is 32.2. The van der Waals surface area contributed by atoms with Crippen LogP contribution < -0.4 is 5.32 Å². The summed E-state index contributed by atoms with van der Waals surface area (Å²) in [5.74, 6) is -0.128. The quantitative estimate of drug-likeness (QED) is 0.734. The maximum atomic E-state index is 12.7. The predicted molar refractivity (Wildman–Crippen MR) is 117 cm³/mol. The molecule has 2 aliphatic rings. The summed E-state index contributed by atoms with van der Waals surface area (Å²) in [5.41, 5.74) is 2.63. The molecular weight excluding hydrogens is 418 g/mol. The smallest absolute Gasteiger partial charge is 0.243 e. The van der Waals surface area contributed by atoms with E-state index < -0.39 is 10.0 Å². The monoisotopic (exact) mass is 443 g/mol. The van der Waals surface area contributed by atoms with E-state index in [0.717, 1.165) is 49.7 Å². The largest absolute Gasteiger partial charge is 0.317 e. The van der Waals surface area contributed by atoms with Gasteiger partial charge >= 0.3 is 0 Å². The van der Waals surface area contributed by atoms with Gasteiger partial charge in [0.1, 0.15) is 11.1 Å². The summed E-state index contributed by atoms with van der Waals surface area (Å²) in [6.45, 7) is 1.17. The van der Waals surface area contributed by atoms with Gasteiger partial charge in [0.15, 0.2) is 0 Å². The summed E-state index contributed by atoms with van der Waals surface area (Å²) in [6, 6.07) is 9.07. The van der Waals surface area contributed by atoms with Crippen LogP contribution >= 0.6 is 11.3 Å². The Kier molecular flexibility index (Phi) is 6.23. The van der Waals surface area contributed by atoms with Crippen molar-refractivity contribution < 1.29 is 13.2 Å². The summed E-state index contributed by atoms with van der Waals surface area (Å²) in [7, 11) is -3.43. The number of sulfonamides is 1. The molecule has 1 aliphatic heterocycles. The molecule has 1 saturated heterocycles. The minimum atomic E-state index is -3.43. The second kappa shape index (κ2) is 8.88. The number of carbonyl (C=O) groups is 1. The lowest BCUT2D eigenvalue weighted by atomic mass is 10.1. The summed E-state index contributed by atoms with van der Waals surface area (Å²) in [5, 5.41) is 13.0. The maximum Gasteiger partial charge on any atom is 0.243 e. The SMILES string of the molecule is N#Cc1c(NC(=O)CCc2ccc(S(=O)(=O)N3CCCCC3)cc2)sc2c1CCC2. The lowest BCUT2D eigenvalue weighted by Gasteiger charge is -2.25. The molecule has 1 aromatic carbocycles. The van der Waals surface area contributed by atoms with E-state index in [1.54, 1.807) is 28.6 Å². The first-order chi connectivity index (χ1) is 14.5. The van der Waals surface area contributed by atoms with Gasteiger partial charge in [-0.1, -0.05) is 18.6 Å². The van der Waals surface area contributed by atoms with Crippen LogP contribution in [0.4, 0.5) is 5.00 Å². The van der Waals surface area contributed by atoms with Crippen LogP contribution in [0.2, 0.25) is 0 Å². The second-order valence-corrected chi connectivity index (χ2v) is 10.9. The number of nitriles is 1. The Morgan fingerprint density at radius 2 is 1.83 bits per heavy atom. The highest BCUT2D eigenvalue weighted by Gasteiger charge is 2.26. The molecule has 0 unspecified atom stereocenters. The van der Waals surface area contributed by atoms with E-state index in [1.807, 2.05) is 0 Å². The Hall–Kier alpha value is -2.21. The average molecular weight is 444 g/mol. The first kappa shape index (κ1) is 21.0. The number of nitrogens with one attached hydrogen (secondary N) is 1. The van der Waals surface area contributed by atoms with Crippen LogP contribution in [0.1, 0.15) is 53.7 Å². The minimum Gasteiger partial charge on any atom is -0.317 e. The number of rotatable bonds is 6. The van der Waals surface area contributed by atoms with Gasteiger partial charge in [-0.25, -0.2) is 8.42 Å². The number of carbonyl (C=O) groups excluding carboxylic acids is 1. The highest BCUT2D eigenvalue weighted by Crippen LogP contribution is 2.38. The van der Waals surface area contributed by atoms with Crippen molar-refractivity contribution in [3.05, 3.63) is 45.8 Å². The molecule has 1 aliphatic carbocycles. The molecule has 0 radical (unpaired) electrons. The molecule has 1 fully saturated rings. The summed E-state index contributed by atoms with van der Waals surface area (Å²) >= 11 is 1.52. The molecular formula is C22H25N3O3S2. The summed E-state index contributed by atoms with van der Waals surface area (Å²) < 4.78 is 27.0. The molecule has 2 aromatic rings. The Morgan fingerprint density at radius 3 is 2.53 bits per heavy atom. The summed E-state index contributed by atoms with van der Waals surface area (Å²) in [6.07, 6.45) is 6.67. The minimum absolute atomic E-state index is 0.128. The molecule has 4 rings (SSSR count). The van der Waals surface area contributed by atoms with Gasteiger partial charge in [0, 0.05) is 24.4 Å². The molecule has 158 valence electrons. The Morgan fingerprint density at radius 1 is 1.10 bits per heavy atom. The van der Waals surface area contributed by atoms with E-state index in [2.05, 4.69) is 11.4 Å². The van der Waals surface area contributed by atoms with Gasteiger partial charge in [-0.05, 0) is 61.8 Å². The average Bonchev–Trinajstić information content (AvgIpc) is 3.34. The number of thiophene rings is 1. The third kappa shape index (κ3) is 4.29. The van der Waals surface area contributed by atoms with Crippen molar-refractivity contribution in [2.45, 2.75) is 56.3 Å². The number of anilines is 1. The molecule has 0 bridgehead atoms. The first-order valence-electron chi connectivity index (χ1n) is 10.4. The van der Waals surface area contributed by atoms with Crippen molar-refractivity contribution in [3.8, 4) is 6.07 Å². The van der Waals surface area contributed by atoms with Crippen LogP contribution in [0, 0.1) is 11.3 Å². The zero-order chi connectivity index (χ0) is 21.1. The van der Waals surface area contributed by atoms with E-state index in [0.29, 0.717) is 35.0 Å². The van der Waals surface area contributed by atoms with Crippen molar-refractivity contribution in [1.29, 1.82) is 5.26 Å². The van der Waals surface area contributed by atoms with Crippen LogP contribution in [-0.4, -0.2) is 31.7 Å². The van der Waals surface area contributed by atoms with E-state index >= 15 is 0 Å². The predicted octanol–water partition coefficient (Wildman–Crippen LogP) is 3.85. The molecule has 1 N–H and O–H groups in total. The normalized spacial score (nSPS) is 16.8. The topological polar surface area (TPSA) is 90.3 Å². The van der Waals surface area contributed by atoms with E-state index in [4.69, 9.17) is 0 Å². The van der Waals surface area contributed by atoms with Crippen molar-refractivity contribution in [2.24, 2.45) is 0 Å². The zero-order valence-corrected chi connectivity index (χ0v) is 18.4. The molecule has 0 atom stereocenters. The van der Waals surface area contributed by atoms with Gasteiger partial charge in [-0.3, -0.25) is 4.79 Å². The van der Waals surface area contributed by atoms with Crippen molar-refractivity contribution in [1.82, 2.24) is 4.31 Å². The fourth-order valence-electron chi connectivity index (χ4n) is 4.14. The number of piperidine rings is 1. The molecule has 1 amide bonds. The molecule has 0 saturated carbocycles. The van der Waals surface area contributed by atoms with E-state index in [9.17, 15) is 18.5 Å². The molecule has 8 heteroatoms. The Bertz CT molecular complexity index is 1080. The number of hydrogen-bond acceptors (Lipinski definition) is 5. The van der Waals surface area contributed by atoms with Crippen LogP contribution in [-0.2, 0) is 34.1 Å². The van der Waals surface area contributed by atoms with Gasteiger partial charge in [0.25, 0.3) is 0 Å². The van der Waals surface area contributed by atoms with Crippen molar-refractivity contribution in [2.75, 3.05) is 18.4 Å².